The number of carbonyl (C=O) groups excluding carboxylic acids is 1. The van der Waals surface area contributed by atoms with E-state index in [1.165, 1.54) is 0 Å². The standard InChI is InChI=1S/C32H39N5O3S/c1-5-7-11-28(37(32(38)34-20-6-2)22-25-10-8-9-21-33-25)41-31-35-29(23-12-16-26(39-3)17-13-23)30(36-31)24-14-18-27(40-4)19-15-24/h8-10,12-19,21,28H,5-7,11,20,22H2,1-4H3,(H,34,38)(H,35,36). The molecule has 2 amide bonds. The van der Waals surface area contributed by atoms with Crippen LogP contribution in [0.5, 0.6) is 11.5 Å². The molecule has 216 valence electrons. The van der Waals surface area contributed by atoms with Crippen molar-refractivity contribution in [3.8, 4) is 34.0 Å². The molecule has 2 N–H and O–H groups in total. The van der Waals surface area contributed by atoms with Crippen molar-refractivity contribution in [2.24, 2.45) is 0 Å². The Labute approximate surface area is 246 Å². The van der Waals surface area contributed by atoms with Gasteiger partial charge in [-0.3, -0.25) is 4.98 Å². The third-order valence-electron chi connectivity index (χ3n) is 6.67. The number of ether oxygens (including phenoxy) is 2. The molecule has 0 aliphatic rings. The molecule has 1 atom stereocenters. The molecule has 2 aromatic carbocycles. The number of pyridine rings is 1. The first-order valence-electron chi connectivity index (χ1n) is 14.1. The number of hydrogen-bond donors (Lipinski definition) is 2. The van der Waals surface area contributed by atoms with Crippen molar-refractivity contribution in [1.29, 1.82) is 0 Å². The van der Waals surface area contributed by atoms with E-state index >= 15 is 0 Å². The number of benzene rings is 2. The van der Waals surface area contributed by atoms with Gasteiger partial charge in [0.25, 0.3) is 0 Å². The summed E-state index contributed by atoms with van der Waals surface area (Å²) < 4.78 is 10.7. The number of imidazole rings is 1. The lowest BCUT2D eigenvalue weighted by molar-refractivity contribution is 0.186. The van der Waals surface area contributed by atoms with Crippen LogP contribution < -0.4 is 14.8 Å². The van der Waals surface area contributed by atoms with E-state index in [4.69, 9.17) is 14.5 Å². The van der Waals surface area contributed by atoms with Crippen LogP contribution in [0.25, 0.3) is 22.5 Å². The van der Waals surface area contributed by atoms with Crippen molar-refractivity contribution in [3.63, 3.8) is 0 Å². The minimum atomic E-state index is -0.146. The Morgan fingerprint density at radius 2 is 1.63 bits per heavy atom. The smallest absolute Gasteiger partial charge is 0.318 e. The maximum atomic E-state index is 13.5. The lowest BCUT2D eigenvalue weighted by atomic mass is 10.0. The lowest BCUT2D eigenvalue weighted by Crippen LogP contribution is -2.45. The second-order valence-corrected chi connectivity index (χ2v) is 10.8. The summed E-state index contributed by atoms with van der Waals surface area (Å²) in [5.74, 6) is 1.57. The van der Waals surface area contributed by atoms with Crippen LogP contribution >= 0.6 is 11.8 Å². The molecule has 4 rings (SSSR count). The number of H-pyrrole nitrogens is 1. The quantitative estimate of drug-likeness (QED) is 0.121. The van der Waals surface area contributed by atoms with E-state index in [-0.39, 0.29) is 11.4 Å². The number of nitrogens with one attached hydrogen (secondary N) is 2. The molecule has 41 heavy (non-hydrogen) atoms. The Bertz CT molecular complexity index is 1300. The number of aromatic nitrogens is 3. The van der Waals surface area contributed by atoms with E-state index in [0.717, 1.165) is 70.5 Å². The van der Waals surface area contributed by atoms with Gasteiger partial charge in [-0.05, 0) is 73.5 Å². The maximum absolute atomic E-state index is 13.5. The third-order valence-corrected chi connectivity index (χ3v) is 7.85. The first kappa shape index (κ1) is 30.0. The van der Waals surface area contributed by atoms with Gasteiger partial charge in [0.1, 0.15) is 11.5 Å². The Kier molecular flexibility index (Phi) is 11.1. The molecule has 0 saturated heterocycles. The Balaban J connectivity index is 1.72. The molecule has 0 aliphatic carbocycles. The highest BCUT2D eigenvalue weighted by Gasteiger charge is 2.27. The number of aromatic amines is 1. The third kappa shape index (κ3) is 8.04. The van der Waals surface area contributed by atoms with Crippen molar-refractivity contribution in [2.75, 3.05) is 20.8 Å². The fourth-order valence-electron chi connectivity index (χ4n) is 4.42. The predicted molar refractivity (Wildman–Crippen MR) is 165 cm³/mol. The van der Waals surface area contributed by atoms with Crippen LogP contribution in [-0.2, 0) is 6.54 Å². The van der Waals surface area contributed by atoms with Gasteiger partial charge in [0.2, 0.25) is 0 Å². The highest BCUT2D eigenvalue weighted by molar-refractivity contribution is 7.99. The van der Waals surface area contributed by atoms with Crippen molar-refractivity contribution in [1.82, 2.24) is 25.2 Å². The van der Waals surface area contributed by atoms with E-state index in [2.05, 4.69) is 29.1 Å². The second-order valence-electron chi connectivity index (χ2n) is 9.62. The van der Waals surface area contributed by atoms with Crippen molar-refractivity contribution < 1.29 is 14.3 Å². The molecule has 0 fully saturated rings. The molecule has 2 aromatic heterocycles. The molecule has 0 radical (unpaired) electrons. The van der Waals surface area contributed by atoms with Crippen LogP contribution in [0.1, 0.15) is 45.2 Å². The van der Waals surface area contributed by atoms with E-state index in [0.29, 0.717) is 13.1 Å². The van der Waals surface area contributed by atoms with Crippen molar-refractivity contribution in [3.05, 3.63) is 78.6 Å². The van der Waals surface area contributed by atoms with Crippen LogP contribution in [-0.4, -0.2) is 52.0 Å². The van der Waals surface area contributed by atoms with Gasteiger partial charge in [0.15, 0.2) is 5.16 Å². The minimum Gasteiger partial charge on any atom is -0.497 e. The fraction of sp³-hybridized carbons (Fsp3) is 0.344. The molecule has 0 spiro atoms. The van der Waals surface area contributed by atoms with Gasteiger partial charge in [0, 0.05) is 23.9 Å². The normalized spacial score (nSPS) is 11.6. The van der Waals surface area contributed by atoms with E-state index in [1.807, 2.05) is 71.6 Å². The molecule has 9 heteroatoms. The van der Waals surface area contributed by atoms with Gasteiger partial charge < -0.3 is 24.7 Å². The number of thioether (sulfide) groups is 1. The van der Waals surface area contributed by atoms with Crippen molar-refractivity contribution in [2.45, 2.75) is 56.6 Å². The van der Waals surface area contributed by atoms with Crippen LogP contribution in [0.2, 0.25) is 0 Å². The Hall–Kier alpha value is -3.98. The molecule has 0 aliphatic heterocycles. The number of unbranched alkanes of at least 4 members (excludes halogenated alkanes) is 1. The van der Waals surface area contributed by atoms with Crippen LogP contribution in [0, 0.1) is 0 Å². The lowest BCUT2D eigenvalue weighted by Gasteiger charge is -2.31. The molecule has 8 nitrogen and oxygen atoms in total. The number of urea groups is 1. The summed E-state index contributed by atoms with van der Waals surface area (Å²) in [6.07, 6.45) is 5.46. The molecule has 4 aromatic rings. The first-order chi connectivity index (χ1) is 20.1. The summed E-state index contributed by atoms with van der Waals surface area (Å²) in [6, 6.07) is 21.5. The summed E-state index contributed by atoms with van der Waals surface area (Å²) in [6.45, 7) is 5.25. The van der Waals surface area contributed by atoms with E-state index < -0.39 is 0 Å². The second kappa shape index (κ2) is 15.1. The summed E-state index contributed by atoms with van der Waals surface area (Å²) in [4.78, 5) is 28.5. The predicted octanol–water partition coefficient (Wildman–Crippen LogP) is 7.39. The molecular weight excluding hydrogens is 534 g/mol. The fourth-order valence-corrected chi connectivity index (χ4v) is 5.57. The molecule has 0 bridgehead atoms. The molecule has 2 heterocycles. The van der Waals surface area contributed by atoms with Crippen LogP contribution in [0.15, 0.2) is 78.1 Å². The highest BCUT2D eigenvalue weighted by Crippen LogP contribution is 2.37. The first-order valence-corrected chi connectivity index (χ1v) is 14.9. The van der Waals surface area contributed by atoms with Gasteiger partial charge in [-0.25, -0.2) is 9.78 Å². The SMILES string of the molecule is CCCCC(Sc1nc(-c2ccc(OC)cc2)c(-c2ccc(OC)cc2)[nH]1)N(Cc1ccccn1)C(=O)NCCC. The maximum Gasteiger partial charge on any atom is 0.318 e. The summed E-state index contributed by atoms with van der Waals surface area (Å²) in [5, 5.41) is 3.68. The average Bonchev–Trinajstić information content (AvgIpc) is 3.45. The Morgan fingerprint density at radius 3 is 2.22 bits per heavy atom. The zero-order valence-electron chi connectivity index (χ0n) is 24.2. The zero-order chi connectivity index (χ0) is 29.0. The molecule has 0 saturated carbocycles. The van der Waals surface area contributed by atoms with E-state index in [1.54, 1.807) is 32.2 Å². The summed E-state index contributed by atoms with van der Waals surface area (Å²) in [7, 11) is 3.32. The average molecular weight is 574 g/mol. The minimum absolute atomic E-state index is 0.0941. The van der Waals surface area contributed by atoms with Gasteiger partial charge in [-0.2, -0.15) is 0 Å². The number of amides is 2. The molecular formula is C32H39N5O3S. The largest absolute Gasteiger partial charge is 0.497 e. The number of methoxy groups -OCH3 is 2. The number of rotatable bonds is 14. The zero-order valence-corrected chi connectivity index (χ0v) is 25.0. The molecule has 1 unspecified atom stereocenters. The van der Waals surface area contributed by atoms with Crippen LogP contribution in [0.3, 0.4) is 0 Å². The monoisotopic (exact) mass is 573 g/mol. The summed E-state index contributed by atoms with van der Waals surface area (Å²) >= 11 is 1.58. The van der Waals surface area contributed by atoms with Crippen molar-refractivity contribution >= 4 is 17.8 Å². The van der Waals surface area contributed by atoms with Gasteiger partial charge in [-0.1, -0.05) is 44.5 Å². The summed E-state index contributed by atoms with van der Waals surface area (Å²) in [5.41, 5.74) is 4.55. The number of hydrogen-bond acceptors (Lipinski definition) is 6. The topological polar surface area (TPSA) is 92.4 Å². The van der Waals surface area contributed by atoms with Gasteiger partial charge in [0.05, 0.1) is 43.2 Å². The Morgan fingerprint density at radius 1 is 0.951 bits per heavy atom. The number of nitrogens with zero attached hydrogens (tertiary/aromatic N) is 3. The highest BCUT2D eigenvalue weighted by atomic mass is 32.2. The van der Waals surface area contributed by atoms with E-state index in [9.17, 15) is 4.79 Å². The van der Waals surface area contributed by atoms with Crippen LogP contribution in [0.4, 0.5) is 4.79 Å². The number of carbonyl (C=O) groups is 1. The van der Waals surface area contributed by atoms with Gasteiger partial charge in [-0.15, -0.1) is 0 Å². The van der Waals surface area contributed by atoms with Gasteiger partial charge >= 0.3 is 6.03 Å².